The van der Waals surface area contributed by atoms with Gasteiger partial charge >= 0.3 is 0 Å². The largest absolute Gasteiger partial charge is 0.240 e. The Bertz CT molecular complexity index is 1180. The lowest BCUT2D eigenvalue weighted by molar-refractivity contribution is 0.581. The fourth-order valence-electron chi connectivity index (χ4n) is 2.74. The van der Waals surface area contributed by atoms with Crippen LogP contribution < -0.4 is 4.72 Å². The van der Waals surface area contributed by atoms with Gasteiger partial charge in [-0.1, -0.05) is 60.7 Å². The molecule has 0 spiro atoms. The Balaban J connectivity index is 1.45. The maximum Gasteiger partial charge on any atom is 0.240 e. The van der Waals surface area contributed by atoms with Gasteiger partial charge in [-0.25, -0.2) is 18.1 Å². The average molecular weight is 407 g/mol. The third-order valence-electron chi connectivity index (χ3n) is 4.23. The topological polar surface area (TPSA) is 59.1 Å². The van der Waals surface area contributed by atoms with Crippen LogP contribution in [0.2, 0.25) is 0 Å². The Morgan fingerprint density at radius 3 is 2.32 bits per heavy atom. The number of nitrogens with zero attached hydrogens (tertiary/aromatic N) is 1. The molecule has 0 unspecified atom stereocenters. The van der Waals surface area contributed by atoms with Crippen LogP contribution in [0.15, 0.2) is 83.8 Å². The van der Waals surface area contributed by atoms with Crippen molar-refractivity contribution in [2.75, 3.05) is 0 Å². The van der Waals surface area contributed by atoms with Gasteiger partial charge in [-0.3, -0.25) is 0 Å². The Morgan fingerprint density at radius 1 is 0.857 bits per heavy atom. The van der Waals surface area contributed by atoms with E-state index in [4.69, 9.17) is 0 Å². The van der Waals surface area contributed by atoms with Crippen LogP contribution in [0.3, 0.4) is 0 Å². The number of hydrogen-bond acceptors (Lipinski definition) is 4. The van der Waals surface area contributed by atoms with Gasteiger partial charge in [-0.05, 0) is 41.5 Å². The van der Waals surface area contributed by atoms with Gasteiger partial charge in [0.2, 0.25) is 10.0 Å². The molecular formula is C22H18N2O2S2. The summed E-state index contributed by atoms with van der Waals surface area (Å²) in [5, 5.41) is 0.919. The van der Waals surface area contributed by atoms with Gasteiger partial charge < -0.3 is 0 Å². The van der Waals surface area contributed by atoms with Crippen LogP contribution in [0, 0.1) is 0 Å². The fraction of sp³-hybridized carbons (Fsp3) is 0.0455. The Kier molecular flexibility index (Phi) is 5.34. The first kappa shape index (κ1) is 18.6. The molecule has 4 rings (SSSR count). The van der Waals surface area contributed by atoms with Gasteiger partial charge in [0, 0.05) is 6.54 Å². The summed E-state index contributed by atoms with van der Waals surface area (Å²) in [6, 6.07) is 24.3. The third kappa shape index (κ3) is 4.36. The molecule has 3 aromatic carbocycles. The molecule has 0 aliphatic rings. The summed E-state index contributed by atoms with van der Waals surface area (Å²) in [5.41, 5.74) is 2.82. The SMILES string of the molecule is O=S(=O)(NCc1ccccc1)c1ccc(/C=C/c2nc3ccccc3s2)cc1. The Hall–Kier alpha value is -2.80. The van der Waals surface area contributed by atoms with Crippen LogP contribution in [-0.4, -0.2) is 13.4 Å². The first-order valence-corrected chi connectivity index (χ1v) is 11.1. The molecule has 1 N–H and O–H groups in total. The second-order valence-electron chi connectivity index (χ2n) is 6.23. The Morgan fingerprint density at radius 2 is 1.57 bits per heavy atom. The summed E-state index contributed by atoms with van der Waals surface area (Å²) in [6.07, 6.45) is 3.88. The van der Waals surface area contributed by atoms with Gasteiger partial charge in [0.1, 0.15) is 5.01 Å². The van der Waals surface area contributed by atoms with Gasteiger partial charge in [-0.2, -0.15) is 0 Å². The van der Waals surface area contributed by atoms with E-state index in [1.165, 1.54) is 0 Å². The van der Waals surface area contributed by atoms with E-state index >= 15 is 0 Å². The van der Waals surface area contributed by atoms with Gasteiger partial charge in [0.15, 0.2) is 0 Å². The molecule has 0 radical (unpaired) electrons. The molecule has 1 aromatic heterocycles. The first-order valence-electron chi connectivity index (χ1n) is 8.77. The standard InChI is InChI=1S/C22H18N2O2S2/c25-28(26,23-16-18-6-2-1-3-7-18)19-13-10-17(11-14-19)12-15-22-24-20-8-4-5-9-21(20)27-22/h1-15,23H,16H2/b15-12+. The number of nitrogens with one attached hydrogen (secondary N) is 1. The molecule has 140 valence electrons. The van der Waals surface area contributed by atoms with Crippen LogP contribution in [0.4, 0.5) is 0 Å². The van der Waals surface area contributed by atoms with E-state index in [9.17, 15) is 8.42 Å². The minimum atomic E-state index is -3.54. The number of aromatic nitrogens is 1. The molecule has 1 heterocycles. The Labute approximate surface area is 168 Å². The van der Waals surface area contributed by atoms with E-state index in [0.29, 0.717) is 0 Å². The van der Waals surface area contributed by atoms with Crippen molar-refractivity contribution in [2.45, 2.75) is 11.4 Å². The number of rotatable bonds is 6. The zero-order valence-electron chi connectivity index (χ0n) is 14.9. The van der Waals surface area contributed by atoms with Crippen molar-refractivity contribution in [3.05, 3.63) is 95.0 Å². The molecule has 0 atom stereocenters. The quantitative estimate of drug-likeness (QED) is 0.493. The third-order valence-corrected chi connectivity index (χ3v) is 6.65. The van der Waals surface area contributed by atoms with Gasteiger partial charge in [0.25, 0.3) is 0 Å². The van der Waals surface area contributed by atoms with E-state index in [2.05, 4.69) is 9.71 Å². The zero-order chi connectivity index (χ0) is 19.4. The number of thiazole rings is 1. The number of hydrogen-bond donors (Lipinski definition) is 1. The molecule has 4 aromatic rings. The van der Waals surface area contributed by atoms with E-state index < -0.39 is 10.0 Å². The molecule has 28 heavy (non-hydrogen) atoms. The lowest BCUT2D eigenvalue weighted by Gasteiger charge is -2.07. The summed E-state index contributed by atoms with van der Waals surface area (Å²) in [5.74, 6) is 0. The fourth-order valence-corrected chi connectivity index (χ4v) is 4.63. The maximum atomic E-state index is 12.5. The minimum absolute atomic E-state index is 0.251. The highest BCUT2D eigenvalue weighted by atomic mass is 32.2. The predicted octanol–water partition coefficient (Wildman–Crippen LogP) is 4.95. The highest BCUT2D eigenvalue weighted by molar-refractivity contribution is 7.89. The van der Waals surface area contributed by atoms with E-state index in [-0.39, 0.29) is 11.4 Å². The van der Waals surface area contributed by atoms with Crippen LogP contribution in [0.5, 0.6) is 0 Å². The molecule has 0 aliphatic carbocycles. The number of para-hydroxylation sites is 1. The average Bonchev–Trinajstić information content (AvgIpc) is 3.15. The van der Waals surface area contributed by atoms with Gasteiger partial charge in [-0.15, -0.1) is 11.3 Å². The number of benzene rings is 3. The maximum absolute atomic E-state index is 12.5. The van der Waals surface area contributed by atoms with Crippen molar-refractivity contribution < 1.29 is 8.42 Å². The van der Waals surface area contributed by atoms with Crippen molar-refractivity contribution in [1.29, 1.82) is 0 Å². The summed E-state index contributed by atoms with van der Waals surface area (Å²) in [6.45, 7) is 0.266. The zero-order valence-corrected chi connectivity index (χ0v) is 16.6. The highest BCUT2D eigenvalue weighted by Crippen LogP contribution is 2.23. The second kappa shape index (κ2) is 8.06. The number of sulfonamides is 1. The molecule has 0 amide bonds. The molecule has 6 heteroatoms. The molecule has 4 nitrogen and oxygen atoms in total. The molecule has 0 saturated carbocycles. The minimum Gasteiger partial charge on any atom is -0.237 e. The van der Waals surface area contributed by atoms with E-state index in [1.54, 1.807) is 35.6 Å². The summed E-state index contributed by atoms with van der Waals surface area (Å²) >= 11 is 1.62. The molecule has 0 fully saturated rings. The molecule has 0 aliphatic heterocycles. The van der Waals surface area contributed by atoms with Crippen molar-refractivity contribution in [1.82, 2.24) is 9.71 Å². The molecule has 0 saturated heterocycles. The highest BCUT2D eigenvalue weighted by Gasteiger charge is 2.13. The van der Waals surface area contributed by atoms with Gasteiger partial charge in [0.05, 0.1) is 15.1 Å². The van der Waals surface area contributed by atoms with E-state index in [0.717, 1.165) is 26.4 Å². The number of fused-ring (bicyclic) bond motifs is 1. The van der Waals surface area contributed by atoms with Crippen LogP contribution in [0.1, 0.15) is 16.1 Å². The van der Waals surface area contributed by atoms with Crippen molar-refractivity contribution in [2.24, 2.45) is 0 Å². The summed E-state index contributed by atoms with van der Waals surface area (Å²) < 4.78 is 28.7. The normalized spacial score (nSPS) is 12.0. The van der Waals surface area contributed by atoms with Crippen molar-refractivity contribution >= 4 is 43.7 Å². The second-order valence-corrected chi connectivity index (χ2v) is 9.06. The molecular weight excluding hydrogens is 388 g/mol. The van der Waals surface area contributed by atoms with Crippen LogP contribution >= 0.6 is 11.3 Å². The van der Waals surface area contributed by atoms with Crippen LogP contribution in [-0.2, 0) is 16.6 Å². The smallest absolute Gasteiger partial charge is 0.237 e. The van der Waals surface area contributed by atoms with Crippen molar-refractivity contribution in [3.8, 4) is 0 Å². The first-order chi connectivity index (χ1) is 13.6. The summed E-state index contributed by atoms with van der Waals surface area (Å²) in [7, 11) is -3.54. The summed E-state index contributed by atoms with van der Waals surface area (Å²) in [4.78, 5) is 4.81. The molecule has 0 bridgehead atoms. The predicted molar refractivity (Wildman–Crippen MR) is 115 cm³/mol. The lowest BCUT2D eigenvalue weighted by atomic mass is 10.2. The van der Waals surface area contributed by atoms with E-state index in [1.807, 2.05) is 66.7 Å². The van der Waals surface area contributed by atoms with Crippen molar-refractivity contribution in [3.63, 3.8) is 0 Å². The lowest BCUT2D eigenvalue weighted by Crippen LogP contribution is -2.23. The van der Waals surface area contributed by atoms with Crippen LogP contribution in [0.25, 0.3) is 22.4 Å². The monoisotopic (exact) mass is 406 g/mol.